The van der Waals surface area contributed by atoms with Gasteiger partial charge in [0.25, 0.3) is 0 Å². The minimum absolute atomic E-state index is 0.0803. The summed E-state index contributed by atoms with van der Waals surface area (Å²) in [5.74, 6) is -0.610. The third kappa shape index (κ3) is 5.62. The van der Waals surface area contributed by atoms with Crippen molar-refractivity contribution in [1.29, 1.82) is 0 Å². The van der Waals surface area contributed by atoms with Crippen molar-refractivity contribution in [3.63, 3.8) is 0 Å². The molecule has 0 saturated carbocycles. The van der Waals surface area contributed by atoms with Crippen LogP contribution in [0.5, 0.6) is 0 Å². The van der Waals surface area contributed by atoms with Gasteiger partial charge in [-0.05, 0) is 42.3 Å². The van der Waals surface area contributed by atoms with E-state index in [-0.39, 0.29) is 18.4 Å². The number of nitrogens with zero attached hydrogens (tertiary/aromatic N) is 1. The molecule has 0 radical (unpaired) electrons. The fourth-order valence-corrected chi connectivity index (χ4v) is 2.43. The van der Waals surface area contributed by atoms with Crippen LogP contribution in [0, 0.1) is 6.92 Å². The minimum atomic E-state index is -0.323. The molecule has 0 heterocycles. The van der Waals surface area contributed by atoms with Gasteiger partial charge in [0.15, 0.2) is 0 Å². The maximum absolute atomic E-state index is 12.1. The quantitative estimate of drug-likeness (QED) is 0.785. The number of carbonyl (C=O) groups is 2. The SMILES string of the molecule is Cc1ccc(/C=C/C(=O)N(C)CC(=O)Nc2ccccc2Cl)cc1Cl. The molecule has 0 aliphatic heterocycles. The lowest BCUT2D eigenvalue weighted by molar-refractivity contribution is -0.129. The summed E-state index contributed by atoms with van der Waals surface area (Å²) in [6.45, 7) is 1.83. The molecule has 130 valence electrons. The van der Waals surface area contributed by atoms with E-state index < -0.39 is 0 Å². The van der Waals surface area contributed by atoms with Gasteiger partial charge in [0.2, 0.25) is 11.8 Å². The number of rotatable bonds is 5. The summed E-state index contributed by atoms with van der Waals surface area (Å²) in [6.07, 6.45) is 3.07. The smallest absolute Gasteiger partial charge is 0.246 e. The number of hydrogen-bond acceptors (Lipinski definition) is 2. The summed E-state index contributed by atoms with van der Waals surface area (Å²) in [5, 5.41) is 3.76. The standard InChI is InChI=1S/C19H18Cl2N2O2/c1-13-7-8-14(11-16(13)21)9-10-19(25)23(2)12-18(24)22-17-6-4-3-5-15(17)20/h3-11H,12H2,1-2H3,(H,22,24)/b10-9+. The van der Waals surface area contributed by atoms with Crippen LogP contribution in [0.4, 0.5) is 5.69 Å². The van der Waals surface area contributed by atoms with Gasteiger partial charge < -0.3 is 10.2 Å². The first-order valence-corrected chi connectivity index (χ1v) is 8.36. The van der Waals surface area contributed by atoms with Crippen LogP contribution in [0.1, 0.15) is 11.1 Å². The van der Waals surface area contributed by atoms with Crippen LogP contribution >= 0.6 is 23.2 Å². The van der Waals surface area contributed by atoms with Crippen molar-refractivity contribution in [2.24, 2.45) is 0 Å². The molecule has 0 saturated heterocycles. The number of amides is 2. The largest absolute Gasteiger partial charge is 0.333 e. The molecule has 2 aromatic rings. The molecule has 2 aromatic carbocycles. The van der Waals surface area contributed by atoms with Crippen molar-refractivity contribution < 1.29 is 9.59 Å². The van der Waals surface area contributed by atoms with Crippen LogP contribution in [0.15, 0.2) is 48.5 Å². The number of aryl methyl sites for hydroxylation is 1. The monoisotopic (exact) mass is 376 g/mol. The first-order chi connectivity index (χ1) is 11.9. The molecule has 0 bridgehead atoms. The van der Waals surface area contributed by atoms with Gasteiger partial charge in [0, 0.05) is 18.1 Å². The molecule has 2 rings (SSSR count). The van der Waals surface area contributed by atoms with Crippen LogP contribution in [-0.4, -0.2) is 30.3 Å². The number of likely N-dealkylation sites (N-methyl/N-ethyl adjacent to an activating group) is 1. The summed E-state index contributed by atoms with van der Waals surface area (Å²) in [5.41, 5.74) is 2.30. The maximum atomic E-state index is 12.1. The van der Waals surface area contributed by atoms with Gasteiger partial charge in [-0.1, -0.05) is 47.5 Å². The second kappa shape index (κ2) is 8.70. The second-order valence-electron chi connectivity index (χ2n) is 5.56. The topological polar surface area (TPSA) is 49.4 Å². The van der Waals surface area contributed by atoms with Gasteiger partial charge in [-0.2, -0.15) is 0 Å². The summed E-state index contributed by atoms with van der Waals surface area (Å²) in [4.78, 5) is 25.5. The van der Waals surface area contributed by atoms with Crippen LogP contribution in [-0.2, 0) is 9.59 Å². The van der Waals surface area contributed by atoms with E-state index >= 15 is 0 Å². The van der Waals surface area contributed by atoms with E-state index in [0.717, 1.165) is 11.1 Å². The Morgan fingerprint density at radius 3 is 2.52 bits per heavy atom. The molecule has 0 aliphatic rings. The van der Waals surface area contributed by atoms with Crippen molar-refractivity contribution in [3.05, 3.63) is 69.7 Å². The predicted molar refractivity (Wildman–Crippen MR) is 103 cm³/mol. The second-order valence-corrected chi connectivity index (χ2v) is 6.38. The minimum Gasteiger partial charge on any atom is -0.333 e. The average molecular weight is 377 g/mol. The first kappa shape index (κ1) is 19.0. The molecule has 1 N–H and O–H groups in total. The molecule has 4 nitrogen and oxygen atoms in total. The summed E-state index contributed by atoms with van der Waals surface area (Å²) < 4.78 is 0. The zero-order valence-corrected chi connectivity index (χ0v) is 15.4. The number of para-hydroxylation sites is 1. The van der Waals surface area contributed by atoms with Crippen molar-refractivity contribution in [3.8, 4) is 0 Å². The Morgan fingerprint density at radius 2 is 1.84 bits per heavy atom. The Balaban J connectivity index is 1.93. The van der Waals surface area contributed by atoms with Crippen molar-refractivity contribution >= 4 is 46.8 Å². The van der Waals surface area contributed by atoms with Crippen LogP contribution in [0.25, 0.3) is 6.08 Å². The van der Waals surface area contributed by atoms with Crippen LogP contribution < -0.4 is 5.32 Å². The molecule has 0 aliphatic carbocycles. The Hall–Kier alpha value is -2.30. The highest BCUT2D eigenvalue weighted by atomic mass is 35.5. The highest BCUT2D eigenvalue weighted by molar-refractivity contribution is 6.33. The molecular weight excluding hydrogens is 359 g/mol. The van der Waals surface area contributed by atoms with Crippen molar-refractivity contribution in [2.45, 2.75) is 6.92 Å². The highest BCUT2D eigenvalue weighted by Crippen LogP contribution is 2.20. The Morgan fingerprint density at radius 1 is 1.12 bits per heavy atom. The highest BCUT2D eigenvalue weighted by Gasteiger charge is 2.11. The molecule has 0 fully saturated rings. The fraction of sp³-hybridized carbons (Fsp3) is 0.158. The number of carbonyl (C=O) groups excluding carboxylic acids is 2. The summed E-state index contributed by atoms with van der Waals surface area (Å²) >= 11 is 12.0. The van der Waals surface area contributed by atoms with Gasteiger partial charge in [0.05, 0.1) is 17.3 Å². The van der Waals surface area contributed by atoms with Crippen LogP contribution in [0.2, 0.25) is 10.0 Å². The van der Waals surface area contributed by atoms with Gasteiger partial charge in [-0.15, -0.1) is 0 Å². The number of halogens is 2. The molecule has 0 atom stereocenters. The molecule has 6 heteroatoms. The van der Waals surface area contributed by atoms with E-state index in [1.807, 2.05) is 19.1 Å². The zero-order chi connectivity index (χ0) is 18.4. The average Bonchev–Trinajstić information content (AvgIpc) is 2.57. The van der Waals surface area contributed by atoms with Crippen LogP contribution in [0.3, 0.4) is 0 Å². The number of nitrogens with one attached hydrogen (secondary N) is 1. The van der Waals surface area contributed by atoms with E-state index in [2.05, 4.69) is 5.32 Å². The van der Waals surface area contributed by atoms with E-state index in [1.54, 1.807) is 43.5 Å². The van der Waals surface area contributed by atoms with E-state index in [0.29, 0.717) is 15.7 Å². The Labute approximate surface area is 157 Å². The Bertz CT molecular complexity index is 819. The summed E-state index contributed by atoms with van der Waals surface area (Å²) in [6, 6.07) is 12.5. The van der Waals surface area contributed by atoms with Gasteiger partial charge in [-0.3, -0.25) is 9.59 Å². The molecule has 0 spiro atoms. The third-order valence-electron chi connectivity index (χ3n) is 3.52. The lowest BCUT2D eigenvalue weighted by Gasteiger charge is -2.15. The lowest BCUT2D eigenvalue weighted by atomic mass is 10.1. The number of anilines is 1. The predicted octanol–water partition coefficient (Wildman–Crippen LogP) is 4.41. The van der Waals surface area contributed by atoms with E-state index in [9.17, 15) is 9.59 Å². The Kier molecular flexibility index (Phi) is 6.62. The van der Waals surface area contributed by atoms with E-state index in [1.165, 1.54) is 11.0 Å². The lowest BCUT2D eigenvalue weighted by Crippen LogP contribution is -2.33. The number of hydrogen-bond donors (Lipinski definition) is 1. The molecule has 2 amide bonds. The van der Waals surface area contributed by atoms with Crippen molar-refractivity contribution in [2.75, 3.05) is 18.9 Å². The molecule has 0 aromatic heterocycles. The normalized spacial score (nSPS) is 10.7. The fourth-order valence-electron chi connectivity index (χ4n) is 2.05. The van der Waals surface area contributed by atoms with E-state index in [4.69, 9.17) is 23.2 Å². The summed E-state index contributed by atoms with van der Waals surface area (Å²) in [7, 11) is 1.56. The number of benzene rings is 2. The molecule has 25 heavy (non-hydrogen) atoms. The first-order valence-electron chi connectivity index (χ1n) is 7.60. The van der Waals surface area contributed by atoms with Gasteiger partial charge >= 0.3 is 0 Å². The van der Waals surface area contributed by atoms with Gasteiger partial charge in [0.1, 0.15) is 0 Å². The zero-order valence-electron chi connectivity index (χ0n) is 13.9. The maximum Gasteiger partial charge on any atom is 0.246 e. The van der Waals surface area contributed by atoms with Gasteiger partial charge in [-0.25, -0.2) is 0 Å². The van der Waals surface area contributed by atoms with Crippen molar-refractivity contribution in [1.82, 2.24) is 4.90 Å². The third-order valence-corrected chi connectivity index (χ3v) is 4.26. The molecule has 0 unspecified atom stereocenters. The molecular formula is C19H18Cl2N2O2.